The van der Waals surface area contributed by atoms with Crippen molar-refractivity contribution >= 4 is 0 Å². The van der Waals surface area contributed by atoms with Crippen LogP contribution in [0.1, 0.15) is 26.2 Å². The summed E-state index contributed by atoms with van der Waals surface area (Å²) in [6.07, 6.45) is 0.838. The molecule has 0 saturated carbocycles. The van der Waals surface area contributed by atoms with Gasteiger partial charge in [-0.15, -0.1) is 0 Å². The first-order valence-corrected chi connectivity index (χ1v) is 5.67. The maximum atomic E-state index is 13.1. The second-order valence-electron chi connectivity index (χ2n) is 4.18. The second kappa shape index (κ2) is 6.28. The SMILES string of the molecule is CCCC/C=C/C(F)(F)C(F)(F)C(F)(F)C(F)(F)CO. The smallest absolute Gasteiger partial charge is 0.382 e. The summed E-state index contributed by atoms with van der Waals surface area (Å²) < 4.78 is 103. The number of unbranched alkanes of at least 4 members (excludes halogenated alkanes) is 2. The molecule has 1 N–H and O–H groups in total. The molecule has 0 heterocycles. The van der Waals surface area contributed by atoms with Crippen LogP contribution in [0.2, 0.25) is 0 Å². The quantitative estimate of drug-likeness (QED) is 0.403. The minimum atomic E-state index is -6.40. The van der Waals surface area contributed by atoms with Gasteiger partial charge in [-0.3, -0.25) is 0 Å². The second-order valence-corrected chi connectivity index (χ2v) is 4.18. The normalized spacial score (nSPS) is 15.1. The lowest BCUT2D eigenvalue weighted by molar-refractivity contribution is -0.360. The van der Waals surface area contributed by atoms with Crippen LogP contribution < -0.4 is 0 Å². The lowest BCUT2D eigenvalue weighted by atomic mass is 9.98. The van der Waals surface area contributed by atoms with Gasteiger partial charge in [0.05, 0.1) is 0 Å². The fourth-order valence-corrected chi connectivity index (χ4v) is 1.20. The van der Waals surface area contributed by atoms with Crippen molar-refractivity contribution in [3.8, 4) is 0 Å². The third kappa shape index (κ3) is 3.42. The van der Waals surface area contributed by atoms with Gasteiger partial charge in [-0.25, -0.2) is 0 Å². The molecular formula is C11H14F8O. The predicted molar refractivity (Wildman–Crippen MR) is 55.5 cm³/mol. The van der Waals surface area contributed by atoms with Crippen molar-refractivity contribution in [2.24, 2.45) is 0 Å². The number of aliphatic hydroxyl groups is 1. The summed E-state index contributed by atoms with van der Waals surface area (Å²) >= 11 is 0. The van der Waals surface area contributed by atoms with Gasteiger partial charge in [-0.1, -0.05) is 25.8 Å². The molecule has 20 heavy (non-hydrogen) atoms. The molecule has 0 radical (unpaired) electrons. The van der Waals surface area contributed by atoms with Crippen molar-refractivity contribution in [3.63, 3.8) is 0 Å². The van der Waals surface area contributed by atoms with Crippen molar-refractivity contribution in [1.82, 2.24) is 0 Å². The van der Waals surface area contributed by atoms with Gasteiger partial charge in [-0.2, -0.15) is 35.1 Å². The Morgan fingerprint density at radius 1 is 0.900 bits per heavy atom. The molecule has 0 unspecified atom stereocenters. The van der Waals surface area contributed by atoms with Gasteiger partial charge in [0, 0.05) is 0 Å². The lowest BCUT2D eigenvalue weighted by Crippen LogP contribution is -2.62. The van der Waals surface area contributed by atoms with Crippen molar-refractivity contribution in [1.29, 1.82) is 0 Å². The lowest BCUT2D eigenvalue weighted by Gasteiger charge is -2.35. The van der Waals surface area contributed by atoms with Crippen LogP contribution in [-0.4, -0.2) is 35.4 Å². The molecule has 0 rings (SSSR count). The van der Waals surface area contributed by atoms with Crippen LogP contribution >= 0.6 is 0 Å². The first-order valence-electron chi connectivity index (χ1n) is 5.67. The maximum absolute atomic E-state index is 13.1. The van der Waals surface area contributed by atoms with Crippen LogP contribution in [0.4, 0.5) is 35.1 Å². The summed E-state index contributed by atoms with van der Waals surface area (Å²) in [7, 11) is 0. The molecule has 0 aromatic carbocycles. The minimum absolute atomic E-state index is 0.0792. The van der Waals surface area contributed by atoms with Crippen molar-refractivity contribution in [2.45, 2.75) is 49.9 Å². The monoisotopic (exact) mass is 314 g/mol. The van der Waals surface area contributed by atoms with Crippen LogP contribution in [0.15, 0.2) is 12.2 Å². The van der Waals surface area contributed by atoms with E-state index in [1.165, 1.54) is 0 Å². The Kier molecular flexibility index (Phi) is 6.01. The van der Waals surface area contributed by atoms with E-state index in [-0.39, 0.29) is 6.42 Å². The molecule has 0 aromatic heterocycles. The van der Waals surface area contributed by atoms with Gasteiger partial charge in [0.1, 0.15) is 6.61 Å². The van der Waals surface area contributed by atoms with Crippen LogP contribution in [0.25, 0.3) is 0 Å². The van der Waals surface area contributed by atoms with E-state index in [1.807, 2.05) is 0 Å². The summed E-state index contributed by atoms with van der Waals surface area (Å²) in [4.78, 5) is 0. The van der Waals surface area contributed by atoms with Gasteiger partial charge >= 0.3 is 23.7 Å². The van der Waals surface area contributed by atoms with Gasteiger partial charge in [0.2, 0.25) is 0 Å². The number of alkyl halides is 8. The zero-order valence-electron chi connectivity index (χ0n) is 10.5. The third-order valence-corrected chi connectivity index (χ3v) is 2.52. The van der Waals surface area contributed by atoms with E-state index in [2.05, 4.69) is 0 Å². The Morgan fingerprint density at radius 2 is 1.40 bits per heavy atom. The van der Waals surface area contributed by atoms with E-state index in [4.69, 9.17) is 5.11 Å². The highest BCUT2D eigenvalue weighted by Gasteiger charge is 2.79. The van der Waals surface area contributed by atoms with E-state index >= 15 is 0 Å². The number of hydrogen-bond donors (Lipinski definition) is 1. The Morgan fingerprint density at radius 3 is 1.80 bits per heavy atom. The largest absolute Gasteiger partial charge is 0.390 e. The topological polar surface area (TPSA) is 20.2 Å². The molecule has 1 nitrogen and oxygen atoms in total. The maximum Gasteiger partial charge on any atom is 0.382 e. The molecular weight excluding hydrogens is 300 g/mol. The first-order chi connectivity index (χ1) is 8.87. The highest BCUT2D eigenvalue weighted by Crippen LogP contribution is 2.52. The van der Waals surface area contributed by atoms with E-state index in [0.717, 1.165) is 0 Å². The van der Waals surface area contributed by atoms with Crippen molar-refractivity contribution < 1.29 is 40.2 Å². The van der Waals surface area contributed by atoms with Crippen LogP contribution in [0, 0.1) is 0 Å². The van der Waals surface area contributed by atoms with E-state index in [0.29, 0.717) is 18.9 Å². The predicted octanol–water partition coefficient (Wildman–Crippen LogP) is 4.27. The molecule has 9 heteroatoms. The average Bonchev–Trinajstić information content (AvgIpc) is 2.34. The number of aliphatic hydroxyl groups excluding tert-OH is 1. The fourth-order valence-electron chi connectivity index (χ4n) is 1.20. The highest BCUT2D eigenvalue weighted by molar-refractivity contribution is 5.11. The van der Waals surface area contributed by atoms with Crippen LogP contribution in [-0.2, 0) is 0 Å². The van der Waals surface area contributed by atoms with Gasteiger partial charge in [-0.05, 0) is 12.5 Å². The Balaban J connectivity index is 5.33. The van der Waals surface area contributed by atoms with E-state index < -0.39 is 36.4 Å². The van der Waals surface area contributed by atoms with E-state index in [1.54, 1.807) is 6.92 Å². The number of hydrogen-bond acceptors (Lipinski definition) is 1. The molecule has 0 aliphatic rings. The van der Waals surface area contributed by atoms with E-state index in [9.17, 15) is 35.1 Å². The molecule has 0 bridgehead atoms. The minimum Gasteiger partial charge on any atom is -0.390 e. The first kappa shape index (κ1) is 19.1. The molecule has 0 spiro atoms. The molecule has 0 aliphatic heterocycles. The average molecular weight is 314 g/mol. The van der Waals surface area contributed by atoms with Gasteiger partial charge in [0.15, 0.2) is 0 Å². The summed E-state index contributed by atoms with van der Waals surface area (Å²) in [5.74, 6) is -23.9. The highest BCUT2D eigenvalue weighted by atomic mass is 19.4. The Hall–Kier alpha value is -0.860. The van der Waals surface area contributed by atoms with Gasteiger partial charge in [0.25, 0.3) is 0 Å². The molecule has 0 aliphatic carbocycles. The Bertz CT molecular complexity index is 337. The molecule has 0 amide bonds. The fraction of sp³-hybridized carbons (Fsp3) is 0.818. The number of halogens is 8. The molecule has 0 atom stereocenters. The summed E-state index contributed by atoms with van der Waals surface area (Å²) in [6, 6.07) is 0. The Labute approximate surface area is 110 Å². The number of allylic oxidation sites excluding steroid dienone is 2. The molecule has 0 aromatic rings. The summed E-state index contributed by atoms with van der Waals surface area (Å²) in [5.41, 5.74) is 0. The molecule has 120 valence electrons. The molecule has 0 fully saturated rings. The standard InChI is InChI=1S/C11H14F8O/c1-2-3-4-5-6-8(12,13)10(16,17)11(18,19)9(14,15)7-20/h5-6,20H,2-4,7H2,1H3/b6-5+. The number of rotatable bonds is 8. The zero-order chi connectivity index (χ0) is 16.2. The van der Waals surface area contributed by atoms with Crippen LogP contribution in [0.3, 0.4) is 0 Å². The van der Waals surface area contributed by atoms with Crippen molar-refractivity contribution in [3.05, 3.63) is 12.2 Å². The summed E-state index contributed by atoms with van der Waals surface area (Å²) in [6.45, 7) is -0.998. The summed E-state index contributed by atoms with van der Waals surface area (Å²) in [5, 5.41) is 7.98. The third-order valence-electron chi connectivity index (χ3n) is 2.52. The zero-order valence-corrected chi connectivity index (χ0v) is 10.5. The van der Waals surface area contributed by atoms with Crippen molar-refractivity contribution in [2.75, 3.05) is 6.61 Å². The van der Waals surface area contributed by atoms with Gasteiger partial charge < -0.3 is 5.11 Å². The van der Waals surface area contributed by atoms with Crippen LogP contribution in [0.5, 0.6) is 0 Å². The molecule has 0 saturated heterocycles.